The third kappa shape index (κ3) is 5.40. The summed E-state index contributed by atoms with van der Waals surface area (Å²) in [5.74, 6) is -0.481. The van der Waals surface area contributed by atoms with E-state index in [0.717, 1.165) is 0 Å². The van der Waals surface area contributed by atoms with Gasteiger partial charge in [0.1, 0.15) is 6.67 Å². The predicted molar refractivity (Wildman–Crippen MR) is 126 cm³/mol. The van der Waals surface area contributed by atoms with Gasteiger partial charge in [-0.25, -0.2) is 17.6 Å². The van der Waals surface area contributed by atoms with Crippen molar-refractivity contribution in [2.45, 2.75) is 18.7 Å². The maximum Gasteiger partial charge on any atom is 0.411 e. The number of methoxy groups -OCH3 is 1. The fourth-order valence-electron chi connectivity index (χ4n) is 2.98. The van der Waals surface area contributed by atoms with Crippen LogP contribution in [0.5, 0.6) is 0 Å². The molecule has 0 aliphatic rings. The van der Waals surface area contributed by atoms with Gasteiger partial charge >= 0.3 is 6.09 Å². The molecule has 33 heavy (non-hydrogen) atoms. The van der Waals surface area contributed by atoms with Crippen LogP contribution >= 0.6 is 0 Å². The molecule has 0 aromatic heterocycles. The molecule has 3 aromatic rings. The van der Waals surface area contributed by atoms with Gasteiger partial charge in [0, 0.05) is 22.1 Å². The summed E-state index contributed by atoms with van der Waals surface area (Å²) < 4.78 is 46.3. The molecular weight excluding hydrogens is 449 g/mol. The van der Waals surface area contributed by atoms with Crippen LogP contribution in [0.25, 0.3) is 10.8 Å². The van der Waals surface area contributed by atoms with Gasteiger partial charge in [-0.15, -0.1) is 0 Å². The van der Waals surface area contributed by atoms with Crippen LogP contribution in [-0.2, 0) is 19.6 Å². The summed E-state index contributed by atoms with van der Waals surface area (Å²) in [7, 11) is -2.75. The van der Waals surface area contributed by atoms with Crippen molar-refractivity contribution < 1.29 is 27.1 Å². The fourth-order valence-corrected chi connectivity index (χ4v) is 4.26. The second kappa shape index (κ2) is 9.45. The summed E-state index contributed by atoms with van der Waals surface area (Å²) in [5.41, 5.74) is -0.0737. The number of benzene rings is 3. The highest BCUT2D eigenvalue weighted by molar-refractivity contribution is 7.93. The number of anilines is 3. The number of nitrogens with one attached hydrogen (secondary N) is 3. The Balaban J connectivity index is 1.86. The number of halogens is 1. The standard InChI is InChI=1S/C23H24FN3O5S/c1-23(2,14-24)21(28)25-15-10-12-16(13-11-15)27-33(30,31)20-9-5-6-17-18(20)7-4-8-19(17)26-22(29)32-3/h4-13,27H,14H2,1-3H3,(H,25,28)(H,26,29). The van der Waals surface area contributed by atoms with Crippen molar-refractivity contribution in [2.24, 2.45) is 5.41 Å². The first kappa shape index (κ1) is 24.0. The number of amides is 2. The first-order valence-electron chi connectivity index (χ1n) is 9.94. The molecule has 0 spiro atoms. The van der Waals surface area contributed by atoms with E-state index in [2.05, 4.69) is 20.1 Å². The summed E-state index contributed by atoms with van der Waals surface area (Å²) >= 11 is 0. The molecule has 3 rings (SSSR count). The molecule has 0 atom stereocenters. The highest BCUT2D eigenvalue weighted by Crippen LogP contribution is 2.30. The lowest BCUT2D eigenvalue weighted by atomic mass is 9.94. The molecule has 10 heteroatoms. The van der Waals surface area contributed by atoms with Gasteiger partial charge in [0.25, 0.3) is 10.0 Å². The molecule has 0 aliphatic carbocycles. The zero-order valence-corrected chi connectivity index (χ0v) is 19.1. The first-order chi connectivity index (χ1) is 15.6. The second-order valence-electron chi connectivity index (χ2n) is 7.93. The minimum atomic E-state index is -3.98. The van der Waals surface area contributed by atoms with Crippen LogP contribution < -0.4 is 15.4 Å². The number of hydrogen-bond acceptors (Lipinski definition) is 5. The topological polar surface area (TPSA) is 114 Å². The van der Waals surface area contributed by atoms with Crippen LogP contribution in [0.2, 0.25) is 0 Å². The molecule has 3 N–H and O–H groups in total. The van der Waals surface area contributed by atoms with Crippen LogP contribution in [0.4, 0.5) is 26.2 Å². The van der Waals surface area contributed by atoms with Crippen LogP contribution in [0, 0.1) is 5.41 Å². The number of rotatable bonds is 7. The number of carbonyl (C=O) groups is 2. The predicted octanol–water partition coefficient (Wildman–Crippen LogP) is 4.75. The zero-order valence-electron chi connectivity index (χ0n) is 18.3. The number of alkyl halides is 1. The fraction of sp³-hybridized carbons (Fsp3) is 0.217. The van der Waals surface area contributed by atoms with E-state index in [9.17, 15) is 22.4 Å². The molecule has 8 nitrogen and oxygen atoms in total. The SMILES string of the molecule is COC(=O)Nc1cccc2c(S(=O)(=O)Nc3ccc(NC(=O)C(C)(C)CF)cc3)cccc12. The Hall–Kier alpha value is -3.66. The molecule has 0 aliphatic heterocycles. The van der Waals surface area contributed by atoms with Crippen molar-refractivity contribution in [3.63, 3.8) is 0 Å². The van der Waals surface area contributed by atoms with E-state index in [4.69, 9.17) is 0 Å². The quantitative estimate of drug-likeness (QED) is 0.458. The molecule has 0 bridgehead atoms. The van der Waals surface area contributed by atoms with Crippen LogP contribution in [0.15, 0.2) is 65.6 Å². The van der Waals surface area contributed by atoms with Crippen molar-refractivity contribution in [2.75, 3.05) is 29.1 Å². The Morgan fingerprint density at radius 3 is 2.15 bits per heavy atom. The summed E-state index contributed by atoms with van der Waals surface area (Å²) in [6, 6.07) is 15.6. The second-order valence-corrected chi connectivity index (χ2v) is 9.58. The van der Waals surface area contributed by atoms with Crippen molar-refractivity contribution in [1.29, 1.82) is 0 Å². The third-order valence-electron chi connectivity index (χ3n) is 4.94. The van der Waals surface area contributed by atoms with Crippen molar-refractivity contribution >= 4 is 49.9 Å². The minimum absolute atomic E-state index is 0.0237. The normalized spacial score (nSPS) is 11.6. The van der Waals surface area contributed by atoms with E-state index >= 15 is 0 Å². The highest BCUT2D eigenvalue weighted by Gasteiger charge is 2.27. The third-order valence-corrected chi connectivity index (χ3v) is 6.38. The minimum Gasteiger partial charge on any atom is -0.453 e. The molecule has 0 saturated heterocycles. The number of fused-ring (bicyclic) bond motifs is 1. The molecule has 0 unspecified atom stereocenters. The van der Waals surface area contributed by atoms with Gasteiger partial charge in [0.2, 0.25) is 5.91 Å². The van der Waals surface area contributed by atoms with E-state index in [1.807, 2.05) is 0 Å². The van der Waals surface area contributed by atoms with Gasteiger partial charge in [-0.3, -0.25) is 14.8 Å². The molecule has 2 amide bonds. The Bertz CT molecular complexity index is 1290. The molecule has 0 fully saturated rings. The molecule has 3 aromatic carbocycles. The van der Waals surface area contributed by atoms with Gasteiger partial charge in [-0.1, -0.05) is 24.3 Å². The maximum atomic E-state index is 13.1. The number of ether oxygens (including phenoxy) is 1. The van der Waals surface area contributed by atoms with Gasteiger partial charge in [-0.2, -0.15) is 0 Å². The van der Waals surface area contributed by atoms with Gasteiger partial charge in [0.15, 0.2) is 0 Å². The Morgan fingerprint density at radius 1 is 0.909 bits per heavy atom. The molecule has 0 heterocycles. The average molecular weight is 474 g/mol. The van der Waals surface area contributed by atoms with E-state index < -0.39 is 34.1 Å². The van der Waals surface area contributed by atoms with E-state index in [1.54, 1.807) is 30.3 Å². The number of sulfonamides is 1. The van der Waals surface area contributed by atoms with Crippen LogP contribution in [0.1, 0.15) is 13.8 Å². The summed E-state index contributed by atoms with van der Waals surface area (Å²) in [6.07, 6.45) is -0.670. The van der Waals surface area contributed by atoms with Crippen molar-refractivity contribution in [3.05, 3.63) is 60.7 Å². The summed E-state index contributed by atoms with van der Waals surface area (Å²) in [6.45, 7) is 2.17. The zero-order chi connectivity index (χ0) is 24.2. The van der Waals surface area contributed by atoms with Gasteiger partial charge < -0.3 is 10.1 Å². The average Bonchev–Trinajstić information content (AvgIpc) is 2.79. The van der Waals surface area contributed by atoms with Crippen LogP contribution in [-0.4, -0.2) is 34.2 Å². The molecular formula is C23H24FN3O5S. The maximum absolute atomic E-state index is 13.1. The lowest BCUT2D eigenvalue weighted by Gasteiger charge is -2.19. The Morgan fingerprint density at radius 2 is 1.52 bits per heavy atom. The number of hydrogen-bond donors (Lipinski definition) is 3. The van der Waals surface area contributed by atoms with Crippen molar-refractivity contribution in [1.82, 2.24) is 0 Å². The summed E-state index contributed by atoms with van der Waals surface area (Å²) in [4.78, 5) is 23.7. The molecule has 174 valence electrons. The molecule has 0 saturated carbocycles. The van der Waals surface area contributed by atoms with Gasteiger partial charge in [0.05, 0.1) is 23.1 Å². The van der Waals surface area contributed by atoms with Crippen LogP contribution in [0.3, 0.4) is 0 Å². The smallest absolute Gasteiger partial charge is 0.411 e. The van der Waals surface area contributed by atoms with Gasteiger partial charge in [-0.05, 0) is 50.2 Å². The Labute approximate surface area is 191 Å². The first-order valence-corrected chi connectivity index (χ1v) is 11.4. The van der Waals surface area contributed by atoms with E-state index in [0.29, 0.717) is 22.1 Å². The highest BCUT2D eigenvalue weighted by atomic mass is 32.2. The monoisotopic (exact) mass is 473 g/mol. The van der Waals surface area contributed by atoms with E-state index in [-0.39, 0.29) is 10.6 Å². The van der Waals surface area contributed by atoms with E-state index in [1.165, 1.54) is 51.3 Å². The largest absolute Gasteiger partial charge is 0.453 e. The Kier molecular flexibility index (Phi) is 6.87. The lowest BCUT2D eigenvalue weighted by Crippen LogP contribution is -2.32. The molecule has 0 radical (unpaired) electrons. The lowest BCUT2D eigenvalue weighted by molar-refractivity contribution is -0.124. The number of carbonyl (C=O) groups excluding carboxylic acids is 2. The summed E-state index contributed by atoms with van der Waals surface area (Å²) in [5, 5.41) is 6.11. The van der Waals surface area contributed by atoms with Crippen molar-refractivity contribution in [3.8, 4) is 0 Å².